The van der Waals surface area contributed by atoms with E-state index in [1.165, 1.54) is 10.9 Å². The van der Waals surface area contributed by atoms with Crippen LogP contribution in [0.1, 0.15) is 5.56 Å². The third-order valence-corrected chi connectivity index (χ3v) is 5.06. The molecule has 1 heterocycles. The summed E-state index contributed by atoms with van der Waals surface area (Å²) < 4.78 is 5.75. The van der Waals surface area contributed by atoms with Crippen molar-refractivity contribution in [2.24, 2.45) is 0 Å². The molecule has 1 fully saturated rings. The molecule has 0 saturated carbocycles. The molecule has 0 aromatic heterocycles. The smallest absolute Gasteiger partial charge is 0.260 e. The van der Waals surface area contributed by atoms with Gasteiger partial charge in [0.1, 0.15) is 5.75 Å². The number of carbonyl (C=O) groups is 1. The first-order chi connectivity index (χ1) is 13.3. The highest BCUT2D eigenvalue weighted by Crippen LogP contribution is 2.20. The average Bonchev–Trinajstić information content (AvgIpc) is 2.73. The Kier molecular flexibility index (Phi) is 5.35. The topological polar surface area (TPSA) is 32.8 Å². The Labute approximate surface area is 160 Å². The summed E-state index contributed by atoms with van der Waals surface area (Å²) in [6.45, 7) is 4.35. The van der Waals surface area contributed by atoms with Crippen LogP contribution >= 0.6 is 0 Å². The van der Waals surface area contributed by atoms with Crippen LogP contribution in [-0.4, -0.2) is 48.5 Å². The molecule has 3 aromatic rings. The van der Waals surface area contributed by atoms with Crippen molar-refractivity contribution in [1.29, 1.82) is 0 Å². The largest absolute Gasteiger partial charge is 0.484 e. The Hall–Kier alpha value is -2.85. The molecule has 0 unspecified atom stereocenters. The van der Waals surface area contributed by atoms with Gasteiger partial charge in [-0.15, -0.1) is 0 Å². The highest BCUT2D eigenvalue weighted by atomic mass is 16.5. The lowest BCUT2D eigenvalue weighted by molar-refractivity contribution is -0.135. The molecule has 4 rings (SSSR count). The molecule has 0 bridgehead atoms. The number of fused-ring (bicyclic) bond motifs is 1. The number of piperazine rings is 1. The number of hydrogen-bond donors (Lipinski definition) is 0. The SMILES string of the molecule is O=C(COc1ccc2ccccc2c1)N1CCN(Cc2ccccc2)CC1. The van der Waals surface area contributed by atoms with Gasteiger partial charge in [-0.05, 0) is 28.5 Å². The van der Waals surface area contributed by atoms with Crippen LogP contribution < -0.4 is 4.74 Å². The Morgan fingerprint density at radius 1 is 0.815 bits per heavy atom. The normalized spacial score (nSPS) is 15.0. The van der Waals surface area contributed by atoms with Crippen LogP contribution in [0, 0.1) is 0 Å². The number of amides is 1. The molecule has 138 valence electrons. The van der Waals surface area contributed by atoms with Gasteiger partial charge in [0.05, 0.1) is 0 Å². The molecule has 0 spiro atoms. The van der Waals surface area contributed by atoms with E-state index in [1.807, 2.05) is 41.3 Å². The van der Waals surface area contributed by atoms with Gasteiger partial charge in [0.2, 0.25) is 0 Å². The number of carbonyl (C=O) groups excluding carboxylic acids is 1. The van der Waals surface area contributed by atoms with Crippen LogP contribution in [0.15, 0.2) is 72.8 Å². The van der Waals surface area contributed by atoms with Crippen molar-refractivity contribution >= 4 is 16.7 Å². The molecule has 1 saturated heterocycles. The minimum absolute atomic E-state index is 0.0579. The van der Waals surface area contributed by atoms with Crippen LogP contribution in [0.4, 0.5) is 0 Å². The van der Waals surface area contributed by atoms with Gasteiger partial charge in [-0.2, -0.15) is 0 Å². The van der Waals surface area contributed by atoms with E-state index in [0.29, 0.717) is 0 Å². The van der Waals surface area contributed by atoms with E-state index in [2.05, 4.69) is 41.3 Å². The molecule has 4 nitrogen and oxygen atoms in total. The fraction of sp³-hybridized carbons (Fsp3) is 0.261. The van der Waals surface area contributed by atoms with Gasteiger partial charge in [0, 0.05) is 32.7 Å². The van der Waals surface area contributed by atoms with Crippen molar-refractivity contribution in [3.8, 4) is 5.75 Å². The first-order valence-corrected chi connectivity index (χ1v) is 9.43. The van der Waals surface area contributed by atoms with E-state index in [0.717, 1.165) is 43.9 Å². The van der Waals surface area contributed by atoms with E-state index >= 15 is 0 Å². The predicted octanol–water partition coefficient (Wildman–Crippen LogP) is 3.56. The Bertz CT molecular complexity index is 902. The minimum atomic E-state index is 0.0579. The van der Waals surface area contributed by atoms with Crippen LogP contribution in [0.3, 0.4) is 0 Å². The van der Waals surface area contributed by atoms with Crippen LogP contribution in [0.25, 0.3) is 10.8 Å². The summed E-state index contributed by atoms with van der Waals surface area (Å²) >= 11 is 0. The maximum atomic E-state index is 12.5. The van der Waals surface area contributed by atoms with E-state index in [9.17, 15) is 4.79 Å². The van der Waals surface area contributed by atoms with Crippen LogP contribution in [0.5, 0.6) is 5.75 Å². The molecular formula is C23H24N2O2. The zero-order valence-corrected chi connectivity index (χ0v) is 15.4. The molecule has 1 aliphatic rings. The van der Waals surface area contributed by atoms with E-state index in [1.54, 1.807) is 0 Å². The molecule has 1 aliphatic heterocycles. The van der Waals surface area contributed by atoms with Crippen molar-refractivity contribution in [2.45, 2.75) is 6.54 Å². The number of rotatable bonds is 5. The minimum Gasteiger partial charge on any atom is -0.484 e. The summed E-state index contributed by atoms with van der Waals surface area (Å²) in [5.74, 6) is 0.798. The van der Waals surface area contributed by atoms with Gasteiger partial charge >= 0.3 is 0 Å². The van der Waals surface area contributed by atoms with Gasteiger partial charge in [-0.1, -0.05) is 60.7 Å². The second-order valence-electron chi connectivity index (χ2n) is 6.94. The quantitative estimate of drug-likeness (QED) is 0.697. The summed E-state index contributed by atoms with van der Waals surface area (Å²) in [6, 6.07) is 24.6. The summed E-state index contributed by atoms with van der Waals surface area (Å²) in [4.78, 5) is 16.8. The molecule has 3 aromatic carbocycles. The van der Waals surface area contributed by atoms with Crippen molar-refractivity contribution in [1.82, 2.24) is 9.80 Å². The van der Waals surface area contributed by atoms with Crippen molar-refractivity contribution in [3.05, 3.63) is 78.4 Å². The maximum absolute atomic E-state index is 12.5. The van der Waals surface area contributed by atoms with E-state index in [4.69, 9.17) is 4.74 Å². The summed E-state index contributed by atoms with van der Waals surface area (Å²) in [7, 11) is 0. The molecule has 27 heavy (non-hydrogen) atoms. The molecule has 0 radical (unpaired) electrons. The van der Waals surface area contributed by atoms with Crippen LogP contribution in [-0.2, 0) is 11.3 Å². The van der Waals surface area contributed by atoms with Crippen LogP contribution in [0.2, 0.25) is 0 Å². The molecule has 0 N–H and O–H groups in total. The highest BCUT2D eigenvalue weighted by molar-refractivity contribution is 5.84. The van der Waals surface area contributed by atoms with E-state index < -0.39 is 0 Å². The van der Waals surface area contributed by atoms with Crippen molar-refractivity contribution in [2.75, 3.05) is 32.8 Å². The van der Waals surface area contributed by atoms with Gasteiger partial charge < -0.3 is 9.64 Å². The molecule has 1 amide bonds. The number of nitrogens with zero attached hydrogens (tertiary/aromatic N) is 2. The fourth-order valence-electron chi connectivity index (χ4n) is 3.49. The molecule has 0 atom stereocenters. The summed E-state index contributed by atoms with van der Waals surface area (Å²) in [6.07, 6.45) is 0. The highest BCUT2D eigenvalue weighted by Gasteiger charge is 2.21. The van der Waals surface area contributed by atoms with Crippen molar-refractivity contribution < 1.29 is 9.53 Å². The maximum Gasteiger partial charge on any atom is 0.260 e. The van der Waals surface area contributed by atoms with Crippen molar-refractivity contribution in [3.63, 3.8) is 0 Å². The second kappa shape index (κ2) is 8.23. The first-order valence-electron chi connectivity index (χ1n) is 9.43. The third-order valence-electron chi connectivity index (χ3n) is 5.06. The molecule has 0 aliphatic carbocycles. The third kappa shape index (κ3) is 4.47. The summed E-state index contributed by atoms with van der Waals surface area (Å²) in [5, 5.41) is 2.29. The lowest BCUT2D eigenvalue weighted by Gasteiger charge is -2.34. The Morgan fingerprint density at radius 2 is 1.52 bits per heavy atom. The zero-order chi connectivity index (χ0) is 18.5. The number of ether oxygens (including phenoxy) is 1. The number of benzene rings is 3. The number of hydrogen-bond acceptors (Lipinski definition) is 3. The molecule has 4 heteroatoms. The average molecular weight is 360 g/mol. The fourth-order valence-corrected chi connectivity index (χ4v) is 3.49. The second-order valence-corrected chi connectivity index (χ2v) is 6.94. The standard InChI is InChI=1S/C23H24N2O2/c26-23(18-27-22-11-10-20-8-4-5-9-21(20)16-22)25-14-12-24(13-15-25)17-19-6-2-1-3-7-19/h1-11,16H,12-15,17-18H2. The monoisotopic (exact) mass is 360 g/mol. The Balaban J connectivity index is 1.26. The van der Waals surface area contributed by atoms with Gasteiger partial charge in [0.25, 0.3) is 5.91 Å². The predicted molar refractivity (Wildman–Crippen MR) is 108 cm³/mol. The summed E-state index contributed by atoms with van der Waals surface area (Å²) in [5.41, 5.74) is 1.32. The first kappa shape index (κ1) is 17.6. The van der Waals surface area contributed by atoms with E-state index in [-0.39, 0.29) is 12.5 Å². The Morgan fingerprint density at radius 3 is 2.30 bits per heavy atom. The molecular weight excluding hydrogens is 336 g/mol. The van der Waals surface area contributed by atoms with Gasteiger partial charge in [-0.3, -0.25) is 9.69 Å². The van der Waals surface area contributed by atoms with Gasteiger partial charge in [-0.25, -0.2) is 0 Å². The van der Waals surface area contributed by atoms with Gasteiger partial charge in [0.15, 0.2) is 6.61 Å². The lowest BCUT2D eigenvalue weighted by Crippen LogP contribution is -2.49. The lowest BCUT2D eigenvalue weighted by atomic mass is 10.1. The zero-order valence-electron chi connectivity index (χ0n) is 15.4.